The molecule has 0 bridgehead atoms. The molecule has 110 valence electrons. The quantitative estimate of drug-likeness (QED) is 0.929. The Morgan fingerprint density at radius 1 is 1.45 bits per heavy atom. The Kier molecular flexibility index (Phi) is 4.52. The van der Waals surface area contributed by atoms with Gasteiger partial charge in [0.15, 0.2) is 0 Å². The molecule has 0 spiro atoms. The Balaban J connectivity index is 2.20. The van der Waals surface area contributed by atoms with Gasteiger partial charge >= 0.3 is 0 Å². The zero-order valence-corrected chi connectivity index (χ0v) is 13.5. The van der Waals surface area contributed by atoms with Crippen molar-refractivity contribution in [1.29, 1.82) is 5.26 Å². The fourth-order valence-corrected chi connectivity index (χ4v) is 5.16. The molecule has 1 aromatic heterocycles. The molecule has 0 unspecified atom stereocenters. The summed E-state index contributed by atoms with van der Waals surface area (Å²) in [6.45, 7) is 4.14. The fraction of sp³-hybridized carbons (Fsp3) is 0.643. The van der Waals surface area contributed by atoms with E-state index in [1.165, 1.54) is 11.3 Å². The van der Waals surface area contributed by atoms with E-state index in [2.05, 4.69) is 17.7 Å². The number of nitriles is 1. The molecule has 1 aliphatic carbocycles. The van der Waals surface area contributed by atoms with Gasteiger partial charge in [-0.1, -0.05) is 13.8 Å². The lowest BCUT2D eigenvalue weighted by Crippen LogP contribution is -2.49. The van der Waals surface area contributed by atoms with Crippen LogP contribution in [0.5, 0.6) is 0 Å². The second-order valence-corrected chi connectivity index (χ2v) is 8.63. The van der Waals surface area contributed by atoms with Crippen molar-refractivity contribution in [2.75, 3.05) is 0 Å². The zero-order chi connectivity index (χ0) is 14.8. The summed E-state index contributed by atoms with van der Waals surface area (Å²) in [6, 6.07) is 5.66. The Labute approximate surface area is 124 Å². The number of hydrogen-bond donors (Lipinski definition) is 1. The van der Waals surface area contributed by atoms with Gasteiger partial charge in [-0.05, 0) is 50.2 Å². The Morgan fingerprint density at radius 3 is 2.60 bits per heavy atom. The topological polar surface area (TPSA) is 70.0 Å². The summed E-state index contributed by atoms with van der Waals surface area (Å²) >= 11 is 1.28. The van der Waals surface area contributed by atoms with Gasteiger partial charge in [-0.15, -0.1) is 11.3 Å². The number of nitrogens with zero attached hydrogens (tertiary/aromatic N) is 1. The van der Waals surface area contributed by atoms with Crippen molar-refractivity contribution in [3.8, 4) is 6.07 Å². The molecule has 1 aromatic rings. The van der Waals surface area contributed by atoms with Crippen LogP contribution < -0.4 is 4.72 Å². The highest BCUT2D eigenvalue weighted by atomic mass is 32.2. The highest BCUT2D eigenvalue weighted by molar-refractivity contribution is 7.91. The second kappa shape index (κ2) is 5.84. The van der Waals surface area contributed by atoms with E-state index in [-0.39, 0.29) is 0 Å². The Hall–Kier alpha value is -0.900. The SMILES string of the molecule is CCc1ccc(S(=O)(=O)NC2(C#N)CCC(C)CC2)s1. The van der Waals surface area contributed by atoms with Gasteiger partial charge in [-0.2, -0.15) is 9.98 Å². The molecule has 0 amide bonds. The van der Waals surface area contributed by atoms with Crippen molar-refractivity contribution in [2.24, 2.45) is 5.92 Å². The molecule has 1 saturated carbocycles. The largest absolute Gasteiger partial charge is 0.251 e. The van der Waals surface area contributed by atoms with Gasteiger partial charge in [-0.3, -0.25) is 0 Å². The van der Waals surface area contributed by atoms with Crippen LogP contribution in [0.3, 0.4) is 0 Å². The van der Waals surface area contributed by atoms with E-state index >= 15 is 0 Å². The lowest BCUT2D eigenvalue weighted by molar-refractivity contribution is 0.278. The van der Waals surface area contributed by atoms with Gasteiger partial charge in [0.05, 0.1) is 6.07 Å². The lowest BCUT2D eigenvalue weighted by atomic mass is 9.79. The van der Waals surface area contributed by atoms with E-state index in [1.54, 1.807) is 6.07 Å². The van der Waals surface area contributed by atoms with Crippen LogP contribution in [0.4, 0.5) is 0 Å². The molecule has 1 aliphatic rings. The lowest BCUT2D eigenvalue weighted by Gasteiger charge is -2.33. The van der Waals surface area contributed by atoms with Gasteiger partial charge in [0.2, 0.25) is 0 Å². The third-order valence-corrected chi connectivity index (χ3v) is 7.18. The Morgan fingerprint density at radius 2 is 2.10 bits per heavy atom. The molecule has 20 heavy (non-hydrogen) atoms. The standard InChI is InChI=1S/C14H20N2O2S2/c1-3-12-4-5-13(19-12)20(17,18)16-14(10-15)8-6-11(2)7-9-14/h4-5,11,16H,3,6-9H2,1-2H3. The van der Waals surface area contributed by atoms with E-state index in [9.17, 15) is 13.7 Å². The molecule has 1 N–H and O–H groups in total. The minimum atomic E-state index is -3.59. The number of thiophene rings is 1. The minimum Gasteiger partial charge on any atom is -0.206 e. The van der Waals surface area contributed by atoms with E-state index < -0.39 is 15.6 Å². The minimum absolute atomic E-state index is 0.308. The molecule has 1 fully saturated rings. The predicted octanol–water partition coefficient (Wildman–Crippen LogP) is 3.06. The van der Waals surface area contributed by atoms with E-state index in [1.807, 2.05) is 13.0 Å². The molecule has 0 saturated heterocycles. The van der Waals surface area contributed by atoms with Crippen LogP contribution in [0.2, 0.25) is 0 Å². The van der Waals surface area contributed by atoms with Crippen molar-refractivity contribution in [3.05, 3.63) is 17.0 Å². The van der Waals surface area contributed by atoms with Gasteiger partial charge in [-0.25, -0.2) is 8.42 Å². The molecule has 0 aromatic carbocycles. The third-order valence-electron chi connectivity index (χ3n) is 3.92. The maximum Gasteiger partial charge on any atom is 0.251 e. The first-order chi connectivity index (χ1) is 9.41. The van der Waals surface area contributed by atoms with Crippen LogP contribution in [-0.4, -0.2) is 14.0 Å². The number of sulfonamides is 1. The molecule has 1 heterocycles. The van der Waals surface area contributed by atoms with Gasteiger partial charge < -0.3 is 0 Å². The molecule has 2 rings (SSSR count). The van der Waals surface area contributed by atoms with Crippen LogP contribution in [0.15, 0.2) is 16.3 Å². The summed E-state index contributed by atoms with van der Waals surface area (Å²) in [4.78, 5) is 1.04. The van der Waals surface area contributed by atoms with Crippen molar-refractivity contribution in [3.63, 3.8) is 0 Å². The number of aryl methyl sites for hydroxylation is 1. The fourth-order valence-electron chi connectivity index (χ4n) is 2.49. The summed E-state index contributed by atoms with van der Waals surface area (Å²) in [5.74, 6) is 0.564. The van der Waals surface area contributed by atoms with Crippen LogP contribution in [-0.2, 0) is 16.4 Å². The first kappa shape index (κ1) is 15.5. The summed E-state index contributed by atoms with van der Waals surface area (Å²) in [5.41, 5.74) is -0.929. The van der Waals surface area contributed by atoms with Crippen molar-refractivity contribution in [2.45, 2.75) is 55.7 Å². The van der Waals surface area contributed by atoms with E-state index in [0.29, 0.717) is 23.0 Å². The summed E-state index contributed by atoms with van der Waals surface area (Å²) in [6.07, 6.45) is 3.79. The normalized spacial score (nSPS) is 27.1. The first-order valence-corrected chi connectivity index (χ1v) is 9.25. The average molecular weight is 312 g/mol. The molecule has 0 radical (unpaired) electrons. The van der Waals surface area contributed by atoms with Crippen LogP contribution in [0.25, 0.3) is 0 Å². The third kappa shape index (κ3) is 3.22. The van der Waals surface area contributed by atoms with E-state index in [0.717, 1.165) is 24.1 Å². The smallest absolute Gasteiger partial charge is 0.206 e. The van der Waals surface area contributed by atoms with Crippen LogP contribution in [0, 0.1) is 17.2 Å². The highest BCUT2D eigenvalue weighted by Gasteiger charge is 2.38. The van der Waals surface area contributed by atoms with Gasteiger partial charge in [0.1, 0.15) is 9.75 Å². The zero-order valence-electron chi connectivity index (χ0n) is 11.8. The van der Waals surface area contributed by atoms with Crippen LogP contribution >= 0.6 is 11.3 Å². The number of hydrogen-bond acceptors (Lipinski definition) is 4. The van der Waals surface area contributed by atoms with Crippen molar-refractivity contribution < 1.29 is 8.42 Å². The first-order valence-electron chi connectivity index (χ1n) is 6.95. The highest BCUT2D eigenvalue weighted by Crippen LogP contribution is 2.33. The summed E-state index contributed by atoms with van der Waals surface area (Å²) < 4.78 is 27.8. The summed E-state index contributed by atoms with van der Waals surface area (Å²) in [7, 11) is -3.59. The molecule has 0 atom stereocenters. The van der Waals surface area contributed by atoms with Crippen molar-refractivity contribution >= 4 is 21.4 Å². The number of rotatable bonds is 4. The van der Waals surface area contributed by atoms with Gasteiger partial charge in [0.25, 0.3) is 10.0 Å². The summed E-state index contributed by atoms with van der Waals surface area (Å²) in [5, 5.41) is 9.42. The maximum atomic E-state index is 12.4. The number of nitrogens with one attached hydrogen (secondary N) is 1. The van der Waals surface area contributed by atoms with Gasteiger partial charge in [0, 0.05) is 4.88 Å². The van der Waals surface area contributed by atoms with Crippen LogP contribution in [0.1, 0.15) is 44.4 Å². The predicted molar refractivity (Wildman–Crippen MR) is 80.0 cm³/mol. The molecule has 6 heteroatoms. The monoisotopic (exact) mass is 312 g/mol. The average Bonchev–Trinajstić information content (AvgIpc) is 2.91. The maximum absolute atomic E-state index is 12.4. The molecule has 4 nitrogen and oxygen atoms in total. The molecular formula is C14H20N2O2S2. The Bertz CT molecular complexity index is 605. The molecular weight excluding hydrogens is 292 g/mol. The molecule has 0 aliphatic heterocycles. The van der Waals surface area contributed by atoms with E-state index in [4.69, 9.17) is 0 Å². The van der Waals surface area contributed by atoms with Crippen molar-refractivity contribution in [1.82, 2.24) is 4.72 Å². The second-order valence-electron chi connectivity index (χ2n) is 5.56.